The average Bonchev–Trinajstić information content (AvgIpc) is 2.49. The van der Waals surface area contributed by atoms with Crippen LogP contribution in [-0.4, -0.2) is 19.5 Å². The minimum absolute atomic E-state index is 0.126. The molecular weight excluding hydrogens is 252 g/mol. The number of benzene rings is 2. The lowest BCUT2D eigenvalue weighted by Crippen LogP contribution is -2.26. The van der Waals surface area contributed by atoms with Crippen molar-refractivity contribution < 1.29 is 14.3 Å². The maximum atomic E-state index is 12.6. The number of hydrogen-bond acceptors (Lipinski definition) is 3. The Morgan fingerprint density at radius 3 is 2.75 bits per heavy atom. The van der Waals surface area contributed by atoms with Crippen molar-refractivity contribution in [3.63, 3.8) is 0 Å². The fourth-order valence-corrected chi connectivity index (χ4v) is 2.52. The van der Waals surface area contributed by atoms with Gasteiger partial charge in [-0.15, -0.1) is 0 Å². The van der Waals surface area contributed by atoms with E-state index in [4.69, 9.17) is 9.47 Å². The number of fused-ring (bicyclic) bond motifs is 1. The topological polar surface area (TPSA) is 35.5 Å². The van der Waals surface area contributed by atoms with Gasteiger partial charge in [0.05, 0.1) is 18.1 Å². The molecule has 0 spiro atoms. The van der Waals surface area contributed by atoms with Crippen LogP contribution in [0.1, 0.15) is 27.4 Å². The van der Waals surface area contributed by atoms with Crippen molar-refractivity contribution in [2.24, 2.45) is 0 Å². The second kappa shape index (κ2) is 5.47. The highest BCUT2D eigenvalue weighted by atomic mass is 16.5. The SMILES string of the molecule is COCc1ccc2c(c1)OCC(c1ccccc1)C2=O. The number of carbonyl (C=O) groups is 1. The van der Waals surface area contributed by atoms with Gasteiger partial charge in [-0.05, 0) is 23.3 Å². The molecule has 102 valence electrons. The number of carbonyl (C=O) groups excluding carboxylic acids is 1. The fraction of sp³-hybridized carbons (Fsp3) is 0.235. The minimum Gasteiger partial charge on any atom is -0.492 e. The number of ketones is 1. The van der Waals surface area contributed by atoms with Gasteiger partial charge in [0.2, 0.25) is 0 Å². The van der Waals surface area contributed by atoms with Crippen LogP contribution in [0.3, 0.4) is 0 Å². The van der Waals surface area contributed by atoms with Crippen LogP contribution in [0.2, 0.25) is 0 Å². The normalized spacial score (nSPS) is 17.4. The summed E-state index contributed by atoms with van der Waals surface area (Å²) in [6.45, 7) is 0.916. The Kier molecular flexibility index (Phi) is 3.52. The maximum absolute atomic E-state index is 12.6. The van der Waals surface area contributed by atoms with Gasteiger partial charge in [0, 0.05) is 7.11 Å². The molecule has 0 aliphatic carbocycles. The number of hydrogen-bond donors (Lipinski definition) is 0. The minimum atomic E-state index is -0.211. The smallest absolute Gasteiger partial charge is 0.177 e. The van der Waals surface area contributed by atoms with Crippen molar-refractivity contribution in [1.29, 1.82) is 0 Å². The molecular formula is C17H16O3. The van der Waals surface area contributed by atoms with E-state index in [1.807, 2.05) is 48.5 Å². The van der Waals surface area contributed by atoms with Crippen LogP contribution in [0.25, 0.3) is 0 Å². The summed E-state index contributed by atoms with van der Waals surface area (Å²) >= 11 is 0. The van der Waals surface area contributed by atoms with Crippen LogP contribution in [0.15, 0.2) is 48.5 Å². The van der Waals surface area contributed by atoms with Gasteiger partial charge in [-0.1, -0.05) is 36.4 Å². The number of rotatable bonds is 3. The lowest BCUT2D eigenvalue weighted by Gasteiger charge is -2.24. The van der Waals surface area contributed by atoms with E-state index in [-0.39, 0.29) is 11.7 Å². The number of methoxy groups -OCH3 is 1. The predicted octanol–water partition coefficient (Wildman–Crippen LogP) is 3.19. The van der Waals surface area contributed by atoms with Gasteiger partial charge in [-0.25, -0.2) is 0 Å². The standard InChI is InChI=1S/C17H16O3/c1-19-10-12-7-8-14-16(9-12)20-11-15(17(14)18)13-5-3-2-4-6-13/h2-9,15H,10-11H2,1H3. The molecule has 3 nitrogen and oxygen atoms in total. The highest BCUT2D eigenvalue weighted by Gasteiger charge is 2.29. The molecule has 1 aliphatic heterocycles. The third-order valence-corrected chi connectivity index (χ3v) is 3.55. The maximum Gasteiger partial charge on any atom is 0.177 e. The van der Waals surface area contributed by atoms with E-state index >= 15 is 0 Å². The van der Waals surface area contributed by atoms with Crippen molar-refractivity contribution in [2.75, 3.05) is 13.7 Å². The summed E-state index contributed by atoms with van der Waals surface area (Å²) in [5.74, 6) is 0.579. The second-order valence-corrected chi connectivity index (χ2v) is 4.90. The summed E-state index contributed by atoms with van der Waals surface area (Å²) in [4.78, 5) is 12.6. The van der Waals surface area contributed by atoms with Crippen LogP contribution in [0.4, 0.5) is 0 Å². The zero-order valence-corrected chi connectivity index (χ0v) is 11.3. The summed E-state index contributed by atoms with van der Waals surface area (Å²) in [5.41, 5.74) is 2.67. The first kappa shape index (κ1) is 12.9. The molecule has 3 heteroatoms. The zero-order valence-electron chi connectivity index (χ0n) is 11.3. The van der Waals surface area contributed by atoms with E-state index in [0.29, 0.717) is 24.5 Å². The molecule has 1 heterocycles. The van der Waals surface area contributed by atoms with E-state index in [0.717, 1.165) is 11.1 Å². The molecule has 0 aromatic heterocycles. The molecule has 1 atom stereocenters. The monoisotopic (exact) mass is 268 g/mol. The Hall–Kier alpha value is -2.13. The molecule has 2 aromatic carbocycles. The number of Topliss-reactive ketones (excluding diaryl/α,β-unsaturated/α-hetero) is 1. The molecule has 0 N–H and O–H groups in total. The molecule has 2 aromatic rings. The van der Waals surface area contributed by atoms with Crippen LogP contribution >= 0.6 is 0 Å². The van der Waals surface area contributed by atoms with E-state index < -0.39 is 0 Å². The zero-order chi connectivity index (χ0) is 13.9. The predicted molar refractivity (Wildman–Crippen MR) is 76.2 cm³/mol. The Bertz CT molecular complexity index is 619. The van der Waals surface area contributed by atoms with E-state index in [1.165, 1.54) is 0 Å². The fourth-order valence-electron chi connectivity index (χ4n) is 2.52. The first-order valence-electron chi connectivity index (χ1n) is 6.63. The molecule has 0 saturated heterocycles. The van der Waals surface area contributed by atoms with Gasteiger partial charge < -0.3 is 9.47 Å². The molecule has 3 rings (SSSR count). The van der Waals surface area contributed by atoms with Gasteiger partial charge in [0.1, 0.15) is 12.4 Å². The molecule has 1 unspecified atom stereocenters. The third-order valence-electron chi connectivity index (χ3n) is 3.55. The van der Waals surface area contributed by atoms with E-state index in [9.17, 15) is 4.79 Å². The number of ether oxygens (including phenoxy) is 2. The van der Waals surface area contributed by atoms with Gasteiger partial charge in [0.25, 0.3) is 0 Å². The largest absolute Gasteiger partial charge is 0.492 e. The van der Waals surface area contributed by atoms with Crippen molar-refractivity contribution in [2.45, 2.75) is 12.5 Å². The molecule has 1 aliphatic rings. The van der Waals surface area contributed by atoms with Gasteiger partial charge in [-0.3, -0.25) is 4.79 Å². The molecule has 20 heavy (non-hydrogen) atoms. The quantitative estimate of drug-likeness (QED) is 0.857. The van der Waals surface area contributed by atoms with E-state index in [2.05, 4.69) is 0 Å². The van der Waals surface area contributed by atoms with Crippen molar-refractivity contribution in [3.8, 4) is 5.75 Å². The molecule has 0 saturated carbocycles. The van der Waals surface area contributed by atoms with Crippen LogP contribution in [-0.2, 0) is 11.3 Å². The first-order valence-corrected chi connectivity index (χ1v) is 6.63. The van der Waals surface area contributed by atoms with Crippen LogP contribution in [0, 0.1) is 0 Å². The Balaban J connectivity index is 1.91. The van der Waals surface area contributed by atoms with E-state index in [1.54, 1.807) is 7.11 Å². The van der Waals surface area contributed by atoms with Crippen molar-refractivity contribution >= 4 is 5.78 Å². The summed E-state index contributed by atoms with van der Waals surface area (Å²) in [6, 6.07) is 15.4. The van der Waals surface area contributed by atoms with Crippen molar-refractivity contribution in [1.82, 2.24) is 0 Å². The highest BCUT2D eigenvalue weighted by Crippen LogP contribution is 2.33. The second-order valence-electron chi connectivity index (χ2n) is 4.90. The lowest BCUT2D eigenvalue weighted by molar-refractivity contribution is 0.0895. The molecule has 0 radical (unpaired) electrons. The molecule has 0 fully saturated rings. The third kappa shape index (κ3) is 2.32. The highest BCUT2D eigenvalue weighted by molar-refractivity contribution is 6.04. The molecule has 0 amide bonds. The van der Waals surface area contributed by atoms with Gasteiger partial charge in [-0.2, -0.15) is 0 Å². The average molecular weight is 268 g/mol. The van der Waals surface area contributed by atoms with Gasteiger partial charge in [0.15, 0.2) is 5.78 Å². The van der Waals surface area contributed by atoms with Crippen LogP contribution in [0.5, 0.6) is 5.75 Å². The van der Waals surface area contributed by atoms with Crippen molar-refractivity contribution in [3.05, 3.63) is 65.2 Å². The lowest BCUT2D eigenvalue weighted by atomic mass is 9.88. The first-order chi connectivity index (χ1) is 9.79. The Morgan fingerprint density at radius 1 is 1.20 bits per heavy atom. The Morgan fingerprint density at radius 2 is 2.00 bits per heavy atom. The summed E-state index contributed by atoms with van der Waals surface area (Å²) < 4.78 is 10.9. The Labute approximate surface area is 118 Å². The van der Waals surface area contributed by atoms with Crippen LogP contribution < -0.4 is 4.74 Å². The summed E-state index contributed by atoms with van der Waals surface area (Å²) in [5, 5.41) is 0. The van der Waals surface area contributed by atoms with Gasteiger partial charge >= 0.3 is 0 Å². The summed E-state index contributed by atoms with van der Waals surface area (Å²) in [7, 11) is 1.65. The summed E-state index contributed by atoms with van der Waals surface area (Å²) in [6.07, 6.45) is 0. The molecule has 0 bridgehead atoms.